The van der Waals surface area contributed by atoms with E-state index in [9.17, 15) is 0 Å². The van der Waals surface area contributed by atoms with E-state index in [2.05, 4.69) is 66.9 Å². The van der Waals surface area contributed by atoms with Crippen LogP contribution < -0.4 is 0 Å². The van der Waals surface area contributed by atoms with Crippen LogP contribution in [0.3, 0.4) is 0 Å². The first-order valence-electron chi connectivity index (χ1n) is 6.91. The van der Waals surface area contributed by atoms with Crippen LogP contribution in [0.1, 0.15) is 68.2 Å². The molecule has 0 heterocycles. The lowest BCUT2D eigenvalue weighted by Crippen LogP contribution is -2.45. The molecule has 0 aliphatic carbocycles. The Morgan fingerprint density at radius 2 is 1.59 bits per heavy atom. The van der Waals surface area contributed by atoms with E-state index < -0.39 is 0 Å². The predicted octanol–water partition coefficient (Wildman–Crippen LogP) is 5.08. The van der Waals surface area contributed by atoms with E-state index in [1.807, 2.05) is 0 Å². The first kappa shape index (κ1) is 16.5. The van der Waals surface area contributed by atoms with Crippen LogP contribution in [0.15, 0.2) is 12.3 Å². The van der Waals surface area contributed by atoms with Gasteiger partial charge in [-0.25, -0.2) is 0 Å². The van der Waals surface area contributed by atoms with Crippen molar-refractivity contribution in [3.63, 3.8) is 0 Å². The van der Waals surface area contributed by atoms with Gasteiger partial charge in [0.1, 0.15) is 0 Å². The number of hydrogen-bond acceptors (Lipinski definition) is 1. The fourth-order valence-corrected chi connectivity index (χ4v) is 2.32. The van der Waals surface area contributed by atoms with Crippen LogP contribution in [0.2, 0.25) is 0 Å². The Morgan fingerprint density at radius 3 is 1.82 bits per heavy atom. The molecule has 0 aliphatic rings. The number of rotatable bonds is 5. The summed E-state index contributed by atoms with van der Waals surface area (Å²) < 4.78 is 0. The normalized spacial score (nSPS) is 14.6. The van der Waals surface area contributed by atoms with E-state index in [1.54, 1.807) is 0 Å². The summed E-state index contributed by atoms with van der Waals surface area (Å²) in [5.74, 6) is 0. The molecule has 0 radical (unpaired) electrons. The molecule has 0 saturated carbocycles. The van der Waals surface area contributed by atoms with Gasteiger partial charge >= 0.3 is 0 Å². The van der Waals surface area contributed by atoms with Gasteiger partial charge in [0.05, 0.1) is 0 Å². The highest BCUT2D eigenvalue weighted by atomic mass is 15.2. The molecule has 0 fully saturated rings. The summed E-state index contributed by atoms with van der Waals surface area (Å²) in [7, 11) is 0. The van der Waals surface area contributed by atoms with Crippen molar-refractivity contribution < 1.29 is 0 Å². The van der Waals surface area contributed by atoms with E-state index >= 15 is 0 Å². The third-order valence-corrected chi connectivity index (χ3v) is 3.14. The summed E-state index contributed by atoms with van der Waals surface area (Å²) in [6.45, 7) is 23.7. The van der Waals surface area contributed by atoms with Crippen LogP contribution in [-0.2, 0) is 0 Å². The molecular formula is C16H33N. The van der Waals surface area contributed by atoms with Gasteiger partial charge < -0.3 is 4.90 Å². The average Bonchev–Trinajstić information content (AvgIpc) is 2.07. The van der Waals surface area contributed by atoms with Gasteiger partial charge in [0, 0.05) is 18.3 Å². The zero-order valence-corrected chi connectivity index (χ0v) is 13.4. The molecule has 1 atom stereocenters. The molecule has 0 aromatic carbocycles. The van der Waals surface area contributed by atoms with Crippen molar-refractivity contribution in [2.75, 3.05) is 6.54 Å². The first-order valence-corrected chi connectivity index (χ1v) is 6.91. The summed E-state index contributed by atoms with van der Waals surface area (Å²) in [5.41, 5.74) is 1.86. The summed E-state index contributed by atoms with van der Waals surface area (Å²) in [5, 5.41) is 0. The molecule has 1 heteroatoms. The third-order valence-electron chi connectivity index (χ3n) is 3.14. The van der Waals surface area contributed by atoms with E-state index in [0.29, 0.717) is 16.9 Å². The second-order valence-electron chi connectivity index (χ2n) is 7.58. The molecular weight excluding hydrogens is 206 g/mol. The maximum absolute atomic E-state index is 4.16. The van der Waals surface area contributed by atoms with Crippen LogP contribution in [0, 0.1) is 10.8 Å². The van der Waals surface area contributed by atoms with Crippen molar-refractivity contribution in [2.45, 2.75) is 74.3 Å². The second-order valence-corrected chi connectivity index (χ2v) is 7.58. The number of allylic oxidation sites excluding steroid dienone is 1. The molecule has 0 bridgehead atoms. The van der Waals surface area contributed by atoms with Gasteiger partial charge in [-0.15, -0.1) is 0 Å². The van der Waals surface area contributed by atoms with Crippen molar-refractivity contribution >= 4 is 0 Å². The molecule has 0 aromatic heterocycles. The van der Waals surface area contributed by atoms with E-state index in [-0.39, 0.29) is 0 Å². The Balaban J connectivity index is 5.07. The Morgan fingerprint density at radius 1 is 1.12 bits per heavy atom. The highest BCUT2D eigenvalue weighted by Gasteiger charge is 2.33. The summed E-state index contributed by atoms with van der Waals surface area (Å²) in [4.78, 5) is 2.51. The Bertz CT molecular complexity index is 239. The maximum Gasteiger partial charge on any atom is 0.0339 e. The quantitative estimate of drug-likeness (QED) is 0.646. The maximum atomic E-state index is 4.16. The minimum Gasteiger partial charge on any atom is -0.372 e. The largest absolute Gasteiger partial charge is 0.372 e. The number of hydrogen-bond donors (Lipinski definition) is 0. The average molecular weight is 239 g/mol. The Hall–Kier alpha value is -0.460. The first-order chi connectivity index (χ1) is 7.49. The molecule has 17 heavy (non-hydrogen) atoms. The van der Waals surface area contributed by atoms with Crippen LogP contribution in [0.25, 0.3) is 0 Å². The van der Waals surface area contributed by atoms with Gasteiger partial charge in [0.2, 0.25) is 0 Å². The van der Waals surface area contributed by atoms with Gasteiger partial charge in [0.15, 0.2) is 0 Å². The zero-order chi connectivity index (χ0) is 13.9. The summed E-state index contributed by atoms with van der Waals surface area (Å²) >= 11 is 0. The van der Waals surface area contributed by atoms with Crippen LogP contribution >= 0.6 is 0 Å². The van der Waals surface area contributed by atoms with Gasteiger partial charge in [-0.1, -0.05) is 55.0 Å². The standard InChI is InChI=1S/C16H33N/c1-10-11-17(13(2)3)14(16(7,8)9)12-15(4,5)6/h14H,2,10-12H2,1,3-9H3. The van der Waals surface area contributed by atoms with Crippen molar-refractivity contribution in [2.24, 2.45) is 10.8 Å². The number of nitrogens with zero attached hydrogens (tertiary/aromatic N) is 1. The lowest BCUT2D eigenvalue weighted by molar-refractivity contribution is 0.0913. The van der Waals surface area contributed by atoms with Gasteiger partial charge in [0.25, 0.3) is 0 Å². The fraction of sp³-hybridized carbons (Fsp3) is 0.875. The zero-order valence-electron chi connectivity index (χ0n) is 13.4. The monoisotopic (exact) mass is 239 g/mol. The molecule has 0 spiro atoms. The molecule has 0 N–H and O–H groups in total. The van der Waals surface area contributed by atoms with Crippen molar-refractivity contribution in [3.05, 3.63) is 12.3 Å². The lowest BCUT2D eigenvalue weighted by atomic mass is 9.76. The van der Waals surface area contributed by atoms with E-state index in [1.165, 1.54) is 18.5 Å². The van der Waals surface area contributed by atoms with E-state index in [0.717, 1.165) is 6.54 Å². The van der Waals surface area contributed by atoms with Crippen LogP contribution in [0.4, 0.5) is 0 Å². The van der Waals surface area contributed by atoms with Crippen LogP contribution in [-0.4, -0.2) is 17.5 Å². The molecule has 0 amide bonds. The molecule has 1 nitrogen and oxygen atoms in total. The molecule has 0 rings (SSSR count). The topological polar surface area (TPSA) is 3.24 Å². The smallest absolute Gasteiger partial charge is 0.0339 e. The van der Waals surface area contributed by atoms with Gasteiger partial charge in [-0.3, -0.25) is 0 Å². The summed E-state index contributed by atoms with van der Waals surface area (Å²) in [6.07, 6.45) is 2.40. The highest BCUT2D eigenvalue weighted by molar-refractivity contribution is 4.98. The fourth-order valence-electron chi connectivity index (χ4n) is 2.32. The van der Waals surface area contributed by atoms with Crippen molar-refractivity contribution in [3.8, 4) is 0 Å². The SMILES string of the molecule is C=C(C)N(CCC)C(CC(C)(C)C)C(C)(C)C. The minimum absolute atomic E-state index is 0.293. The van der Waals surface area contributed by atoms with Crippen molar-refractivity contribution in [1.82, 2.24) is 4.90 Å². The van der Waals surface area contributed by atoms with Crippen molar-refractivity contribution in [1.29, 1.82) is 0 Å². The lowest BCUT2D eigenvalue weighted by Gasteiger charge is -2.45. The molecule has 0 aliphatic heterocycles. The molecule has 0 saturated heterocycles. The molecule has 102 valence electrons. The highest BCUT2D eigenvalue weighted by Crippen LogP contribution is 2.35. The Kier molecular flexibility index (Phi) is 5.77. The molecule has 0 aromatic rings. The third kappa shape index (κ3) is 6.14. The minimum atomic E-state index is 0.293. The molecule has 1 unspecified atom stereocenters. The summed E-state index contributed by atoms with van der Waals surface area (Å²) in [6, 6.07) is 0.569. The second kappa shape index (κ2) is 5.93. The van der Waals surface area contributed by atoms with Gasteiger partial charge in [-0.2, -0.15) is 0 Å². The van der Waals surface area contributed by atoms with Gasteiger partial charge in [-0.05, 0) is 30.6 Å². The van der Waals surface area contributed by atoms with E-state index in [4.69, 9.17) is 0 Å². The predicted molar refractivity (Wildman–Crippen MR) is 79.1 cm³/mol. The Labute approximate surface area is 109 Å². The van der Waals surface area contributed by atoms with Crippen LogP contribution in [0.5, 0.6) is 0 Å².